The summed E-state index contributed by atoms with van der Waals surface area (Å²) in [6.45, 7) is 0.0579. The Morgan fingerprint density at radius 3 is 2.54 bits per heavy atom. The van der Waals surface area contributed by atoms with Crippen molar-refractivity contribution in [3.8, 4) is 10.6 Å². The van der Waals surface area contributed by atoms with E-state index in [2.05, 4.69) is 20.6 Å². The fourth-order valence-corrected chi connectivity index (χ4v) is 5.96. The number of imide groups is 1. The predicted molar refractivity (Wildman–Crippen MR) is 150 cm³/mol. The van der Waals surface area contributed by atoms with Crippen LogP contribution < -0.4 is 15.5 Å². The first-order chi connectivity index (χ1) is 19.8. The molecule has 206 valence electrons. The second-order valence-corrected chi connectivity index (χ2v) is 10.8. The minimum atomic E-state index is -0.690. The predicted octanol–water partition coefficient (Wildman–Crippen LogP) is 3.37. The molecule has 10 nitrogen and oxygen atoms in total. The Morgan fingerprint density at radius 2 is 1.80 bits per heavy atom. The molecule has 0 spiro atoms. The van der Waals surface area contributed by atoms with Crippen LogP contribution in [0.2, 0.25) is 0 Å². The fourth-order valence-electron chi connectivity index (χ4n) is 5.06. The van der Waals surface area contributed by atoms with Crippen molar-refractivity contribution in [2.24, 2.45) is 0 Å². The summed E-state index contributed by atoms with van der Waals surface area (Å²) in [4.78, 5) is 63.9. The SMILES string of the molecule is CN1CC(=O)Nc2ncnc(-c3ccc(C(=O)NC(Cc4cccc(F)c4)CN4C(=O)c5ccccc5C4=O)s3)c21. The molecule has 0 saturated heterocycles. The Balaban J connectivity index is 1.25. The second-order valence-electron chi connectivity index (χ2n) is 9.76. The molecule has 0 bridgehead atoms. The highest BCUT2D eigenvalue weighted by molar-refractivity contribution is 7.17. The van der Waals surface area contributed by atoms with E-state index in [-0.39, 0.29) is 25.4 Å². The normalized spacial score (nSPS) is 14.9. The van der Waals surface area contributed by atoms with E-state index < -0.39 is 29.6 Å². The Hall–Kier alpha value is -4.97. The number of carbonyl (C=O) groups is 4. The van der Waals surface area contributed by atoms with Crippen LogP contribution in [0, 0.1) is 5.82 Å². The van der Waals surface area contributed by atoms with Gasteiger partial charge >= 0.3 is 0 Å². The molecule has 1 atom stereocenters. The van der Waals surface area contributed by atoms with Crippen molar-refractivity contribution in [1.82, 2.24) is 20.2 Å². The number of benzene rings is 2. The van der Waals surface area contributed by atoms with Gasteiger partial charge in [-0.2, -0.15) is 0 Å². The molecule has 0 fully saturated rings. The van der Waals surface area contributed by atoms with Crippen LogP contribution in [0.25, 0.3) is 10.6 Å². The van der Waals surface area contributed by atoms with E-state index in [1.807, 2.05) is 0 Å². The van der Waals surface area contributed by atoms with E-state index >= 15 is 0 Å². The maximum Gasteiger partial charge on any atom is 0.261 e. The number of nitrogens with one attached hydrogen (secondary N) is 2. The molecular formula is C29H23FN6O4S. The third kappa shape index (κ3) is 5.05. The van der Waals surface area contributed by atoms with Crippen LogP contribution in [0.5, 0.6) is 0 Å². The van der Waals surface area contributed by atoms with Gasteiger partial charge in [0, 0.05) is 13.6 Å². The number of hydrogen-bond acceptors (Lipinski definition) is 8. The maximum atomic E-state index is 13.9. The van der Waals surface area contributed by atoms with Crippen molar-refractivity contribution in [3.63, 3.8) is 0 Å². The van der Waals surface area contributed by atoms with Gasteiger partial charge in [-0.1, -0.05) is 24.3 Å². The lowest BCUT2D eigenvalue weighted by molar-refractivity contribution is -0.115. The number of fused-ring (bicyclic) bond motifs is 2. The number of halogens is 1. The monoisotopic (exact) mass is 570 g/mol. The molecule has 4 amide bonds. The number of thiophene rings is 1. The first-order valence-electron chi connectivity index (χ1n) is 12.7. The van der Waals surface area contributed by atoms with Crippen molar-refractivity contribution in [1.29, 1.82) is 0 Å². The first-order valence-corrected chi connectivity index (χ1v) is 13.6. The summed E-state index contributed by atoms with van der Waals surface area (Å²) in [6.07, 6.45) is 1.54. The summed E-state index contributed by atoms with van der Waals surface area (Å²) >= 11 is 1.20. The Labute approximate surface area is 237 Å². The summed E-state index contributed by atoms with van der Waals surface area (Å²) < 4.78 is 13.9. The van der Waals surface area contributed by atoms with Gasteiger partial charge in [-0.05, 0) is 48.4 Å². The van der Waals surface area contributed by atoms with Crippen molar-refractivity contribution in [2.75, 3.05) is 30.4 Å². The van der Waals surface area contributed by atoms with Gasteiger partial charge in [0.05, 0.1) is 33.5 Å². The van der Waals surface area contributed by atoms with Crippen LogP contribution in [-0.4, -0.2) is 64.7 Å². The molecule has 6 rings (SSSR count). The van der Waals surface area contributed by atoms with Gasteiger partial charge < -0.3 is 15.5 Å². The van der Waals surface area contributed by atoms with Gasteiger partial charge in [0.2, 0.25) is 5.91 Å². The third-order valence-corrected chi connectivity index (χ3v) is 7.98. The molecular weight excluding hydrogens is 547 g/mol. The fraction of sp³-hybridized carbons (Fsp3) is 0.172. The Kier molecular flexibility index (Phi) is 6.75. The molecule has 2 aromatic heterocycles. The number of aromatic nitrogens is 2. The topological polar surface area (TPSA) is 125 Å². The largest absolute Gasteiger partial charge is 0.360 e. The van der Waals surface area contributed by atoms with Gasteiger partial charge in [0.15, 0.2) is 5.82 Å². The zero-order valence-corrected chi connectivity index (χ0v) is 22.6. The number of anilines is 2. The molecule has 4 heterocycles. The number of carbonyl (C=O) groups excluding carboxylic acids is 4. The Bertz CT molecular complexity index is 1690. The van der Waals surface area contributed by atoms with E-state index in [1.54, 1.807) is 60.5 Å². The second kappa shape index (κ2) is 10.5. The molecule has 2 aliphatic rings. The Morgan fingerprint density at radius 1 is 1.05 bits per heavy atom. The third-order valence-electron chi connectivity index (χ3n) is 6.89. The molecule has 1 unspecified atom stereocenters. The molecule has 0 radical (unpaired) electrons. The van der Waals surface area contributed by atoms with Crippen LogP contribution in [-0.2, 0) is 11.2 Å². The quantitative estimate of drug-likeness (QED) is 0.327. The number of likely N-dealkylation sites (N-methyl/N-ethyl adjacent to an activating group) is 1. The highest BCUT2D eigenvalue weighted by Crippen LogP contribution is 2.38. The smallest absolute Gasteiger partial charge is 0.261 e. The van der Waals surface area contributed by atoms with Crippen molar-refractivity contribution >= 4 is 46.5 Å². The minimum Gasteiger partial charge on any atom is -0.360 e. The summed E-state index contributed by atoms with van der Waals surface area (Å²) in [5.41, 5.74) is 2.45. The van der Waals surface area contributed by atoms with Crippen LogP contribution in [0.4, 0.5) is 15.9 Å². The van der Waals surface area contributed by atoms with Crippen LogP contribution in [0.15, 0.2) is 67.0 Å². The standard InChI is InChI=1S/C29H23FN6O4S/c1-35-14-23(37)34-26-25(35)24(31-15-32-26)21-9-10-22(41-21)27(38)33-18(12-16-5-4-6-17(30)11-16)13-36-28(39)19-7-2-3-8-20(19)29(36)40/h2-11,15,18H,12-14H2,1H3,(H,33,38)(H,31,32,34,37). The van der Waals surface area contributed by atoms with E-state index in [0.29, 0.717) is 43.6 Å². The summed E-state index contributed by atoms with van der Waals surface area (Å²) in [7, 11) is 1.77. The van der Waals surface area contributed by atoms with Crippen LogP contribution in [0.3, 0.4) is 0 Å². The van der Waals surface area contributed by atoms with E-state index in [9.17, 15) is 23.6 Å². The highest BCUT2D eigenvalue weighted by Gasteiger charge is 2.37. The molecule has 12 heteroatoms. The van der Waals surface area contributed by atoms with Gasteiger partial charge in [0.1, 0.15) is 23.5 Å². The number of nitrogens with zero attached hydrogens (tertiary/aromatic N) is 4. The van der Waals surface area contributed by atoms with Crippen molar-refractivity contribution in [2.45, 2.75) is 12.5 Å². The molecule has 2 N–H and O–H groups in total. The molecule has 41 heavy (non-hydrogen) atoms. The summed E-state index contributed by atoms with van der Waals surface area (Å²) in [5.74, 6) is -1.50. The molecule has 0 aliphatic carbocycles. The minimum absolute atomic E-state index is 0.0866. The first kappa shape index (κ1) is 26.3. The average molecular weight is 571 g/mol. The molecule has 2 aliphatic heterocycles. The van der Waals surface area contributed by atoms with Crippen LogP contribution >= 0.6 is 11.3 Å². The number of hydrogen-bond donors (Lipinski definition) is 2. The maximum absolute atomic E-state index is 13.9. The number of amides is 4. The lowest BCUT2D eigenvalue weighted by Gasteiger charge is -2.27. The van der Waals surface area contributed by atoms with Gasteiger partial charge in [-0.15, -0.1) is 11.3 Å². The van der Waals surface area contributed by atoms with E-state index in [4.69, 9.17) is 0 Å². The molecule has 2 aromatic carbocycles. The summed E-state index contributed by atoms with van der Waals surface area (Å²) in [6, 6.07) is 15.3. The van der Waals surface area contributed by atoms with E-state index in [0.717, 1.165) is 4.90 Å². The lowest BCUT2D eigenvalue weighted by Crippen LogP contribution is -2.46. The van der Waals surface area contributed by atoms with Crippen LogP contribution in [0.1, 0.15) is 36.0 Å². The van der Waals surface area contributed by atoms with Crippen molar-refractivity contribution < 1.29 is 23.6 Å². The number of rotatable bonds is 7. The van der Waals surface area contributed by atoms with Gasteiger partial charge in [-0.3, -0.25) is 24.1 Å². The van der Waals surface area contributed by atoms with Crippen molar-refractivity contribution in [3.05, 3.63) is 94.4 Å². The highest BCUT2D eigenvalue weighted by atomic mass is 32.1. The lowest BCUT2D eigenvalue weighted by atomic mass is 10.0. The van der Waals surface area contributed by atoms with E-state index in [1.165, 1.54) is 29.8 Å². The summed E-state index contributed by atoms with van der Waals surface area (Å²) in [5, 5.41) is 5.68. The van der Waals surface area contributed by atoms with Gasteiger partial charge in [0.25, 0.3) is 17.7 Å². The van der Waals surface area contributed by atoms with Gasteiger partial charge in [-0.25, -0.2) is 14.4 Å². The average Bonchev–Trinajstić information content (AvgIpc) is 3.53. The zero-order valence-electron chi connectivity index (χ0n) is 21.8. The zero-order chi connectivity index (χ0) is 28.7. The molecule has 4 aromatic rings. The molecule has 0 saturated carbocycles.